The van der Waals surface area contributed by atoms with Gasteiger partial charge in [0.15, 0.2) is 0 Å². The number of hydrogen-bond acceptors (Lipinski definition) is 4. The lowest BCUT2D eigenvalue weighted by molar-refractivity contribution is -0.137. The van der Waals surface area contributed by atoms with Gasteiger partial charge in [-0.15, -0.1) is 0 Å². The minimum atomic E-state index is -1.00. The fourth-order valence-corrected chi connectivity index (χ4v) is 1.41. The number of rotatable bonds is 4. The van der Waals surface area contributed by atoms with E-state index in [1.807, 2.05) is 0 Å². The third-order valence-corrected chi connectivity index (χ3v) is 2.38. The van der Waals surface area contributed by atoms with Crippen LogP contribution in [0.3, 0.4) is 0 Å². The number of carbonyl (C=O) groups is 1. The summed E-state index contributed by atoms with van der Waals surface area (Å²) < 4.78 is 2.47. The molecule has 0 radical (unpaired) electrons. The summed E-state index contributed by atoms with van der Waals surface area (Å²) in [6.07, 6.45) is 0.0150. The average molecular weight is 243 g/mol. The van der Waals surface area contributed by atoms with Crippen LogP contribution in [0.5, 0.6) is 0 Å². The number of aliphatic carboxylic acids is 1. The van der Waals surface area contributed by atoms with Crippen LogP contribution < -0.4 is 17.1 Å². The first-order valence-corrected chi connectivity index (χ1v) is 4.95. The first-order chi connectivity index (χ1) is 7.86. The van der Waals surface area contributed by atoms with E-state index in [2.05, 4.69) is 0 Å². The molecule has 0 aliphatic carbocycles. The summed E-state index contributed by atoms with van der Waals surface area (Å²) in [4.78, 5) is 44.9. The molecule has 0 saturated heterocycles. The van der Waals surface area contributed by atoms with Gasteiger partial charge in [0, 0.05) is 27.1 Å². The Morgan fingerprint density at radius 3 is 1.94 bits per heavy atom. The summed E-state index contributed by atoms with van der Waals surface area (Å²) in [5.74, 6) is -1.00. The molecule has 0 aliphatic heterocycles. The van der Waals surface area contributed by atoms with Gasteiger partial charge in [-0.1, -0.05) is 0 Å². The predicted octanol–water partition coefficient (Wildman–Crippen LogP) is -1.89. The maximum absolute atomic E-state index is 11.6. The van der Waals surface area contributed by atoms with Crippen LogP contribution in [0, 0.1) is 0 Å². The van der Waals surface area contributed by atoms with Crippen molar-refractivity contribution in [1.82, 2.24) is 13.7 Å². The van der Waals surface area contributed by atoms with Crippen molar-refractivity contribution in [2.24, 2.45) is 14.1 Å². The topological polar surface area (TPSA) is 103 Å². The van der Waals surface area contributed by atoms with E-state index >= 15 is 0 Å². The second-order valence-corrected chi connectivity index (χ2v) is 3.61. The molecule has 0 spiro atoms. The number of carboxylic acids is 1. The van der Waals surface area contributed by atoms with E-state index in [1.165, 1.54) is 14.1 Å². The molecule has 94 valence electrons. The molecule has 1 aromatic heterocycles. The zero-order chi connectivity index (χ0) is 13.2. The zero-order valence-corrected chi connectivity index (χ0v) is 9.54. The quantitative estimate of drug-likeness (QED) is 0.666. The Bertz CT molecular complexity index is 566. The summed E-state index contributed by atoms with van der Waals surface area (Å²) in [5.41, 5.74) is -2.17. The van der Waals surface area contributed by atoms with E-state index in [1.54, 1.807) is 0 Å². The number of aromatic nitrogens is 3. The smallest absolute Gasteiger partial charge is 0.336 e. The van der Waals surface area contributed by atoms with Gasteiger partial charge in [0.25, 0.3) is 0 Å². The maximum atomic E-state index is 11.6. The van der Waals surface area contributed by atoms with Crippen LogP contribution in [0.1, 0.15) is 12.8 Å². The molecule has 1 aromatic rings. The van der Waals surface area contributed by atoms with Crippen molar-refractivity contribution in [1.29, 1.82) is 0 Å². The van der Waals surface area contributed by atoms with Gasteiger partial charge in [0.05, 0.1) is 0 Å². The molecule has 0 saturated carbocycles. The summed E-state index contributed by atoms with van der Waals surface area (Å²) in [5, 5.41) is 8.46. The standard InChI is InChI=1S/C9H13N3O5/c1-10-7(15)11(2)9(17)12(8(10)16)5-3-4-6(13)14/h3-5H2,1-2H3,(H,13,14). The Morgan fingerprint density at radius 2 is 1.53 bits per heavy atom. The van der Waals surface area contributed by atoms with E-state index in [-0.39, 0.29) is 19.4 Å². The Morgan fingerprint density at radius 1 is 1.06 bits per heavy atom. The second kappa shape index (κ2) is 4.81. The van der Waals surface area contributed by atoms with Gasteiger partial charge >= 0.3 is 23.0 Å². The fraction of sp³-hybridized carbons (Fsp3) is 0.556. The summed E-state index contributed by atoms with van der Waals surface area (Å²) >= 11 is 0. The second-order valence-electron chi connectivity index (χ2n) is 3.61. The molecule has 0 aromatic carbocycles. The van der Waals surface area contributed by atoms with Gasteiger partial charge in [-0.05, 0) is 6.42 Å². The van der Waals surface area contributed by atoms with Gasteiger partial charge in [-0.25, -0.2) is 28.1 Å². The van der Waals surface area contributed by atoms with Crippen molar-refractivity contribution < 1.29 is 9.90 Å². The van der Waals surface area contributed by atoms with E-state index in [4.69, 9.17) is 5.11 Å². The molecule has 0 atom stereocenters. The Balaban J connectivity index is 3.18. The Hall–Kier alpha value is -2.12. The lowest BCUT2D eigenvalue weighted by atomic mass is 10.3. The van der Waals surface area contributed by atoms with E-state index in [0.717, 1.165) is 13.7 Å². The molecule has 1 rings (SSSR count). The zero-order valence-electron chi connectivity index (χ0n) is 9.54. The van der Waals surface area contributed by atoms with Crippen LogP contribution in [0.15, 0.2) is 14.4 Å². The maximum Gasteiger partial charge on any atom is 0.336 e. The molecule has 17 heavy (non-hydrogen) atoms. The molecule has 1 N–H and O–H groups in total. The van der Waals surface area contributed by atoms with Gasteiger partial charge in [0.1, 0.15) is 0 Å². The minimum Gasteiger partial charge on any atom is -0.481 e. The highest BCUT2D eigenvalue weighted by molar-refractivity contribution is 5.66. The van der Waals surface area contributed by atoms with Crippen LogP contribution in [0.4, 0.5) is 0 Å². The van der Waals surface area contributed by atoms with Crippen LogP contribution in [-0.2, 0) is 25.4 Å². The number of nitrogens with zero attached hydrogens (tertiary/aromatic N) is 3. The lowest BCUT2D eigenvalue weighted by Gasteiger charge is -2.07. The lowest BCUT2D eigenvalue weighted by Crippen LogP contribution is -2.52. The van der Waals surface area contributed by atoms with Crippen molar-refractivity contribution >= 4 is 5.97 Å². The highest BCUT2D eigenvalue weighted by atomic mass is 16.4. The van der Waals surface area contributed by atoms with Crippen molar-refractivity contribution in [3.05, 3.63) is 31.5 Å². The molecule has 8 nitrogen and oxygen atoms in total. The molecule has 0 amide bonds. The van der Waals surface area contributed by atoms with Crippen molar-refractivity contribution in [2.45, 2.75) is 19.4 Å². The van der Waals surface area contributed by atoms with Crippen LogP contribution in [0.25, 0.3) is 0 Å². The SMILES string of the molecule is Cn1c(=O)n(C)c(=O)n(CCCC(=O)O)c1=O. The Labute approximate surface area is 95.4 Å². The summed E-state index contributed by atoms with van der Waals surface area (Å²) in [7, 11) is 2.52. The third kappa shape index (κ3) is 2.52. The van der Waals surface area contributed by atoms with Gasteiger partial charge in [0.2, 0.25) is 0 Å². The largest absolute Gasteiger partial charge is 0.481 e. The third-order valence-electron chi connectivity index (χ3n) is 2.38. The summed E-state index contributed by atoms with van der Waals surface area (Å²) in [6, 6.07) is 0. The number of hydrogen-bond donors (Lipinski definition) is 1. The van der Waals surface area contributed by atoms with Crippen molar-refractivity contribution in [3.63, 3.8) is 0 Å². The fourth-order valence-electron chi connectivity index (χ4n) is 1.41. The van der Waals surface area contributed by atoms with Gasteiger partial charge < -0.3 is 5.11 Å². The highest BCUT2D eigenvalue weighted by Gasteiger charge is 2.10. The first-order valence-electron chi connectivity index (χ1n) is 4.95. The van der Waals surface area contributed by atoms with Gasteiger partial charge in [-0.2, -0.15) is 0 Å². The predicted molar refractivity (Wildman–Crippen MR) is 58.1 cm³/mol. The molecule has 0 unspecified atom stereocenters. The summed E-state index contributed by atoms with van der Waals surface area (Å²) in [6.45, 7) is -0.0219. The van der Waals surface area contributed by atoms with E-state index in [0.29, 0.717) is 0 Å². The molecule has 0 aliphatic rings. The number of carboxylic acid groups (broad SMARTS) is 1. The normalized spacial score (nSPS) is 10.5. The van der Waals surface area contributed by atoms with Crippen molar-refractivity contribution in [2.75, 3.05) is 0 Å². The first kappa shape index (κ1) is 12.9. The molecule has 1 heterocycles. The molecule has 0 fully saturated rings. The van der Waals surface area contributed by atoms with Gasteiger partial charge in [-0.3, -0.25) is 4.79 Å². The average Bonchev–Trinajstić information content (AvgIpc) is 2.28. The Kier molecular flexibility index (Phi) is 3.66. The van der Waals surface area contributed by atoms with E-state index < -0.39 is 23.0 Å². The molecular weight excluding hydrogens is 230 g/mol. The van der Waals surface area contributed by atoms with Crippen LogP contribution >= 0.6 is 0 Å². The van der Waals surface area contributed by atoms with Crippen LogP contribution in [-0.4, -0.2) is 24.8 Å². The van der Waals surface area contributed by atoms with Crippen LogP contribution in [0.2, 0.25) is 0 Å². The minimum absolute atomic E-state index is 0.0219. The van der Waals surface area contributed by atoms with E-state index in [9.17, 15) is 19.2 Å². The highest BCUT2D eigenvalue weighted by Crippen LogP contribution is 1.89. The monoisotopic (exact) mass is 243 g/mol. The molecule has 8 heteroatoms. The molecular formula is C9H13N3O5. The van der Waals surface area contributed by atoms with Crippen molar-refractivity contribution in [3.8, 4) is 0 Å². The molecule has 0 bridgehead atoms.